The van der Waals surface area contributed by atoms with Crippen molar-refractivity contribution in [2.24, 2.45) is 0 Å². The van der Waals surface area contributed by atoms with E-state index in [-0.39, 0.29) is 13.2 Å². The van der Waals surface area contributed by atoms with Gasteiger partial charge in [-0.25, -0.2) is 8.42 Å². The zero-order valence-corrected chi connectivity index (χ0v) is 10.7. The molecule has 104 valence electrons. The van der Waals surface area contributed by atoms with E-state index in [0.717, 1.165) is 4.57 Å². The monoisotopic (exact) mass is 307 g/mol. The van der Waals surface area contributed by atoms with Crippen LogP contribution in [0.5, 0.6) is 0 Å². The van der Waals surface area contributed by atoms with E-state index >= 15 is 0 Å². The number of methoxy groups -OCH3 is 1. The second-order valence-electron chi connectivity index (χ2n) is 3.27. The van der Waals surface area contributed by atoms with Gasteiger partial charge >= 0.3 is 6.18 Å². The van der Waals surface area contributed by atoms with E-state index in [1.807, 2.05) is 0 Å². The van der Waals surface area contributed by atoms with Crippen molar-refractivity contribution in [3.63, 3.8) is 0 Å². The highest BCUT2D eigenvalue weighted by Crippen LogP contribution is 2.22. The van der Waals surface area contributed by atoms with Crippen molar-refractivity contribution in [1.29, 1.82) is 0 Å². The molecule has 0 aliphatic heterocycles. The van der Waals surface area contributed by atoms with Crippen molar-refractivity contribution >= 4 is 19.7 Å². The lowest BCUT2D eigenvalue weighted by Crippen LogP contribution is -2.19. The van der Waals surface area contributed by atoms with E-state index in [4.69, 9.17) is 10.7 Å². The van der Waals surface area contributed by atoms with Crippen LogP contribution in [0, 0.1) is 0 Å². The predicted octanol–water partition coefficient (Wildman–Crippen LogP) is 0.957. The summed E-state index contributed by atoms with van der Waals surface area (Å²) in [6, 6.07) is 0. The second kappa shape index (κ2) is 5.41. The predicted molar refractivity (Wildman–Crippen MR) is 54.7 cm³/mol. The summed E-state index contributed by atoms with van der Waals surface area (Å²) in [5.41, 5.74) is 0. The van der Waals surface area contributed by atoms with Crippen molar-refractivity contribution in [3.05, 3.63) is 5.82 Å². The first kappa shape index (κ1) is 15.2. The number of ether oxygens (including phenoxy) is 1. The lowest BCUT2D eigenvalue weighted by Gasteiger charge is -2.09. The highest BCUT2D eigenvalue weighted by atomic mass is 35.7. The molecule has 0 spiro atoms. The maximum atomic E-state index is 12.3. The molecule has 0 radical (unpaired) electrons. The molecule has 1 aromatic rings. The molecule has 0 atom stereocenters. The van der Waals surface area contributed by atoms with E-state index < -0.39 is 32.6 Å². The van der Waals surface area contributed by atoms with Gasteiger partial charge in [-0.1, -0.05) is 0 Å². The minimum absolute atomic E-state index is 0.00229. The summed E-state index contributed by atoms with van der Waals surface area (Å²) in [5.74, 6) is -0.529. The Morgan fingerprint density at radius 2 is 2.00 bits per heavy atom. The number of alkyl halides is 3. The van der Waals surface area contributed by atoms with Crippen LogP contribution in [-0.2, 0) is 26.8 Å². The molecule has 0 N–H and O–H groups in total. The van der Waals surface area contributed by atoms with Crippen LogP contribution in [0.1, 0.15) is 5.82 Å². The van der Waals surface area contributed by atoms with Crippen molar-refractivity contribution in [1.82, 2.24) is 14.8 Å². The SMILES string of the molecule is COCCn1c(CC(F)(F)F)nnc1S(=O)(=O)Cl. The largest absolute Gasteiger partial charge is 0.396 e. The number of rotatable bonds is 5. The topological polar surface area (TPSA) is 74.1 Å². The molecular weight excluding hydrogens is 299 g/mol. The average molecular weight is 308 g/mol. The third-order valence-electron chi connectivity index (χ3n) is 1.89. The maximum Gasteiger partial charge on any atom is 0.396 e. The van der Waals surface area contributed by atoms with Crippen LogP contribution >= 0.6 is 10.7 Å². The molecule has 1 aromatic heterocycles. The van der Waals surface area contributed by atoms with Gasteiger partial charge in [0, 0.05) is 24.3 Å². The number of nitrogens with zero attached hydrogens (tertiary/aromatic N) is 3. The molecule has 1 heterocycles. The van der Waals surface area contributed by atoms with Gasteiger partial charge in [0.2, 0.25) is 0 Å². The molecular formula is C7H9ClF3N3O3S. The fourth-order valence-electron chi connectivity index (χ4n) is 1.22. The number of hydrogen-bond acceptors (Lipinski definition) is 5. The van der Waals surface area contributed by atoms with Crippen molar-refractivity contribution in [3.8, 4) is 0 Å². The lowest BCUT2D eigenvalue weighted by molar-refractivity contribution is -0.129. The summed E-state index contributed by atoms with van der Waals surface area (Å²) in [7, 11) is 2.12. The minimum Gasteiger partial charge on any atom is -0.383 e. The van der Waals surface area contributed by atoms with Crippen molar-refractivity contribution in [2.75, 3.05) is 13.7 Å². The van der Waals surface area contributed by atoms with Gasteiger partial charge in [0.15, 0.2) is 0 Å². The van der Waals surface area contributed by atoms with Crippen LogP contribution in [0.4, 0.5) is 13.2 Å². The second-order valence-corrected chi connectivity index (χ2v) is 5.73. The molecule has 6 nitrogen and oxygen atoms in total. The van der Waals surface area contributed by atoms with Crippen LogP contribution < -0.4 is 0 Å². The molecule has 18 heavy (non-hydrogen) atoms. The van der Waals surface area contributed by atoms with E-state index in [1.165, 1.54) is 7.11 Å². The van der Waals surface area contributed by atoms with Crippen LogP contribution in [0.15, 0.2) is 5.16 Å². The zero-order valence-electron chi connectivity index (χ0n) is 9.11. The smallest absolute Gasteiger partial charge is 0.383 e. The van der Waals surface area contributed by atoms with Gasteiger partial charge in [-0.15, -0.1) is 10.2 Å². The van der Waals surface area contributed by atoms with Gasteiger partial charge < -0.3 is 4.74 Å². The lowest BCUT2D eigenvalue weighted by atomic mass is 10.4. The first-order valence-electron chi connectivity index (χ1n) is 4.57. The van der Waals surface area contributed by atoms with Crippen LogP contribution in [0.3, 0.4) is 0 Å². The Labute approximate surface area is 105 Å². The first-order chi connectivity index (χ1) is 8.15. The fourth-order valence-corrected chi connectivity index (χ4v) is 2.16. The Morgan fingerprint density at radius 1 is 1.39 bits per heavy atom. The van der Waals surface area contributed by atoms with Crippen molar-refractivity contribution in [2.45, 2.75) is 24.3 Å². The van der Waals surface area contributed by atoms with E-state index in [1.54, 1.807) is 0 Å². The molecule has 0 fully saturated rings. The summed E-state index contributed by atoms with van der Waals surface area (Å²) >= 11 is 0. The molecule has 0 bridgehead atoms. The summed E-state index contributed by atoms with van der Waals surface area (Å²) in [4.78, 5) is 0. The first-order valence-corrected chi connectivity index (χ1v) is 6.88. The Balaban J connectivity index is 3.15. The highest BCUT2D eigenvalue weighted by molar-refractivity contribution is 8.13. The number of halogens is 4. The van der Waals surface area contributed by atoms with Crippen LogP contribution in [-0.4, -0.2) is 43.1 Å². The Kier molecular flexibility index (Phi) is 4.56. The third-order valence-corrected chi connectivity index (χ3v) is 3.04. The molecule has 0 amide bonds. The summed E-state index contributed by atoms with van der Waals surface area (Å²) < 4.78 is 64.4. The molecule has 0 aliphatic carbocycles. The zero-order chi connectivity index (χ0) is 14.0. The van der Waals surface area contributed by atoms with Gasteiger partial charge in [-0.05, 0) is 0 Å². The van der Waals surface area contributed by atoms with E-state index in [9.17, 15) is 21.6 Å². The average Bonchev–Trinajstić information content (AvgIpc) is 2.54. The summed E-state index contributed by atoms with van der Waals surface area (Å²) in [5, 5.41) is 5.63. The van der Waals surface area contributed by atoms with Crippen LogP contribution in [0.25, 0.3) is 0 Å². The standard InChI is InChI=1S/C7H9ClF3N3O3S/c1-17-3-2-14-5(4-7(9,10)11)12-13-6(14)18(8,15)16/h2-4H2,1H3. The Bertz CT molecular complexity index is 514. The highest BCUT2D eigenvalue weighted by Gasteiger charge is 2.33. The van der Waals surface area contributed by atoms with Gasteiger partial charge in [-0.3, -0.25) is 4.57 Å². The third kappa shape index (κ3) is 4.10. The Morgan fingerprint density at radius 3 is 2.44 bits per heavy atom. The summed E-state index contributed by atoms with van der Waals surface area (Å²) in [6.07, 6.45) is -5.92. The molecule has 0 unspecified atom stereocenters. The quantitative estimate of drug-likeness (QED) is 0.757. The van der Waals surface area contributed by atoms with Gasteiger partial charge in [0.05, 0.1) is 6.61 Å². The van der Waals surface area contributed by atoms with Gasteiger partial charge in [-0.2, -0.15) is 13.2 Å². The normalized spacial score (nSPS) is 12.9. The van der Waals surface area contributed by atoms with Gasteiger partial charge in [0.25, 0.3) is 14.2 Å². The molecule has 11 heteroatoms. The molecule has 0 saturated carbocycles. The maximum absolute atomic E-state index is 12.3. The number of aromatic nitrogens is 3. The van der Waals surface area contributed by atoms with Gasteiger partial charge in [0.1, 0.15) is 12.2 Å². The van der Waals surface area contributed by atoms with Crippen LogP contribution in [0.2, 0.25) is 0 Å². The molecule has 0 saturated heterocycles. The molecule has 0 aliphatic rings. The number of hydrogen-bond donors (Lipinski definition) is 0. The van der Waals surface area contributed by atoms with Crippen molar-refractivity contribution < 1.29 is 26.3 Å². The Hall–Kier alpha value is -0.870. The fraction of sp³-hybridized carbons (Fsp3) is 0.714. The molecule has 0 aromatic carbocycles. The molecule has 1 rings (SSSR count). The summed E-state index contributed by atoms with van der Waals surface area (Å²) in [6.45, 7) is -0.140. The van der Waals surface area contributed by atoms with E-state index in [0.29, 0.717) is 0 Å². The minimum atomic E-state index is -4.52. The van der Waals surface area contributed by atoms with E-state index in [2.05, 4.69) is 14.9 Å².